The molecule has 0 unspecified atom stereocenters. The zero-order valence-corrected chi connectivity index (χ0v) is 15.3. The quantitative estimate of drug-likeness (QED) is 0.814. The summed E-state index contributed by atoms with van der Waals surface area (Å²) in [5.41, 5.74) is 2.33. The van der Waals surface area contributed by atoms with Crippen LogP contribution in [0.2, 0.25) is 0 Å². The van der Waals surface area contributed by atoms with Crippen molar-refractivity contribution in [1.82, 2.24) is 14.9 Å². The lowest BCUT2D eigenvalue weighted by atomic mass is 9.80. The number of benzene rings is 1. The van der Waals surface area contributed by atoms with Crippen LogP contribution in [0.5, 0.6) is 5.75 Å². The minimum absolute atomic E-state index is 0.266. The number of phenols is 1. The van der Waals surface area contributed by atoms with Gasteiger partial charge in [0.15, 0.2) is 5.16 Å². The monoisotopic (exact) mass is 333 g/mol. The molecule has 1 aliphatic heterocycles. The minimum Gasteiger partial charge on any atom is -0.508 e. The van der Waals surface area contributed by atoms with Crippen molar-refractivity contribution in [3.05, 3.63) is 18.2 Å². The third-order valence-electron chi connectivity index (χ3n) is 5.04. The standard InChI is InChI=1S/C18H27N3OS/c1-17(2)8-5-9-18(3,4)21(17)10-11-23-16-19-14-7-6-13(22)12-15(14)20-16/h6-7,12,22H,5,8-11H2,1-4H3,(H,19,20). The molecule has 0 amide bonds. The van der Waals surface area contributed by atoms with Gasteiger partial charge in [0.05, 0.1) is 11.0 Å². The van der Waals surface area contributed by atoms with E-state index in [0.717, 1.165) is 28.5 Å². The fourth-order valence-electron chi connectivity index (χ4n) is 3.92. The molecule has 1 saturated heterocycles. The number of aromatic amines is 1. The molecular weight excluding hydrogens is 306 g/mol. The number of aromatic nitrogens is 2. The van der Waals surface area contributed by atoms with E-state index < -0.39 is 0 Å². The van der Waals surface area contributed by atoms with Crippen LogP contribution in [0, 0.1) is 0 Å². The average molecular weight is 334 g/mol. The Bertz CT molecular complexity index is 677. The van der Waals surface area contributed by atoms with Gasteiger partial charge in [-0.1, -0.05) is 11.8 Å². The molecule has 126 valence electrons. The number of thioether (sulfide) groups is 1. The SMILES string of the molecule is CC1(C)CCCC(C)(C)N1CCSc1nc2ccc(O)cc2[nH]1. The topological polar surface area (TPSA) is 52.1 Å². The van der Waals surface area contributed by atoms with Gasteiger partial charge in [0.2, 0.25) is 0 Å². The zero-order valence-electron chi connectivity index (χ0n) is 14.5. The second-order valence-corrected chi connectivity index (χ2v) is 8.81. The summed E-state index contributed by atoms with van der Waals surface area (Å²) in [6, 6.07) is 5.25. The fraction of sp³-hybridized carbons (Fsp3) is 0.611. The molecule has 2 heterocycles. The van der Waals surface area contributed by atoms with E-state index in [1.807, 2.05) is 6.07 Å². The predicted octanol–water partition coefficient (Wildman–Crippen LogP) is 4.40. The second kappa shape index (κ2) is 6.02. The summed E-state index contributed by atoms with van der Waals surface area (Å²) in [5.74, 6) is 1.29. The van der Waals surface area contributed by atoms with Crippen molar-refractivity contribution in [2.24, 2.45) is 0 Å². The van der Waals surface area contributed by atoms with Crippen molar-refractivity contribution in [3.63, 3.8) is 0 Å². The van der Waals surface area contributed by atoms with Crippen molar-refractivity contribution >= 4 is 22.8 Å². The molecule has 2 aromatic rings. The average Bonchev–Trinajstić information content (AvgIpc) is 2.83. The van der Waals surface area contributed by atoms with Gasteiger partial charge in [0.1, 0.15) is 5.75 Å². The number of aromatic hydroxyl groups is 1. The van der Waals surface area contributed by atoms with Crippen LogP contribution >= 0.6 is 11.8 Å². The highest BCUT2D eigenvalue weighted by Gasteiger charge is 2.40. The highest BCUT2D eigenvalue weighted by Crippen LogP contribution is 2.38. The predicted molar refractivity (Wildman–Crippen MR) is 97.2 cm³/mol. The lowest BCUT2D eigenvalue weighted by Gasteiger charge is -2.53. The van der Waals surface area contributed by atoms with Crippen LogP contribution < -0.4 is 0 Å². The van der Waals surface area contributed by atoms with E-state index in [1.165, 1.54) is 19.3 Å². The molecular formula is C18H27N3OS. The Balaban J connectivity index is 1.65. The first-order valence-corrected chi connectivity index (χ1v) is 9.36. The Hall–Kier alpha value is -1.20. The summed E-state index contributed by atoms with van der Waals surface area (Å²) in [6.07, 6.45) is 3.85. The molecule has 1 fully saturated rings. The van der Waals surface area contributed by atoms with Gasteiger partial charge < -0.3 is 10.1 Å². The molecule has 0 aliphatic carbocycles. The van der Waals surface area contributed by atoms with Crippen LogP contribution in [0.15, 0.2) is 23.4 Å². The van der Waals surface area contributed by atoms with E-state index in [4.69, 9.17) is 0 Å². The van der Waals surface area contributed by atoms with Gasteiger partial charge in [-0.3, -0.25) is 4.90 Å². The minimum atomic E-state index is 0.266. The van der Waals surface area contributed by atoms with Crippen LogP contribution in [-0.2, 0) is 0 Å². The van der Waals surface area contributed by atoms with Gasteiger partial charge in [0, 0.05) is 29.4 Å². The first-order chi connectivity index (χ1) is 10.8. The molecule has 1 aromatic carbocycles. The van der Waals surface area contributed by atoms with Crippen LogP contribution in [0.4, 0.5) is 0 Å². The third-order valence-corrected chi connectivity index (χ3v) is 5.89. The van der Waals surface area contributed by atoms with E-state index in [1.54, 1.807) is 23.9 Å². The van der Waals surface area contributed by atoms with Crippen molar-refractivity contribution < 1.29 is 5.11 Å². The van der Waals surface area contributed by atoms with Crippen molar-refractivity contribution in [1.29, 1.82) is 0 Å². The van der Waals surface area contributed by atoms with E-state index in [2.05, 4.69) is 42.6 Å². The van der Waals surface area contributed by atoms with Gasteiger partial charge in [-0.05, 0) is 59.1 Å². The van der Waals surface area contributed by atoms with Gasteiger partial charge >= 0.3 is 0 Å². The number of nitrogens with one attached hydrogen (secondary N) is 1. The van der Waals surface area contributed by atoms with Gasteiger partial charge in [-0.25, -0.2) is 4.98 Å². The van der Waals surface area contributed by atoms with Gasteiger partial charge in [-0.2, -0.15) is 0 Å². The highest BCUT2D eigenvalue weighted by atomic mass is 32.2. The van der Waals surface area contributed by atoms with Crippen LogP contribution in [0.3, 0.4) is 0 Å². The molecule has 4 nitrogen and oxygen atoms in total. The molecule has 1 aromatic heterocycles. The van der Waals surface area contributed by atoms with Crippen LogP contribution in [-0.4, -0.2) is 43.3 Å². The van der Waals surface area contributed by atoms with Crippen molar-refractivity contribution in [2.45, 2.75) is 63.2 Å². The maximum atomic E-state index is 9.54. The molecule has 0 saturated carbocycles. The lowest BCUT2D eigenvalue weighted by molar-refractivity contribution is -0.0209. The molecule has 5 heteroatoms. The lowest BCUT2D eigenvalue weighted by Crippen LogP contribution is -2.59. The summed E-state index contributed by atoms with van der Waals surface area (Å²) in [7, 11) is 0. The molecule has 23 heavy (non-hydrogen) atoms. The van der Waals surface area contributed by atoms with E-state index >= 15 is 0 Å². The number of piperidine rings is 1. The zero-order chi connectivity index (χ0) is 16.7. The molecule has 0 atom stereocenters. The van der Waals surface area contributed by atoms with E-state index in [0.29, 0.717) is 0 Å². The second-order valence-electron chi connectivity index (χ2n) is 7.72. The first-order valence-electron chi connectivity index (χ1n) is 8.37. The molecule has 2 N–H and O–H groups in total. The Morgan fingerprint density at radius 3 is 2.61 bits per heavy atom. The fourth-order valence-corrected chi connectivity index (χ4v) is 4.74. The van der Waals surface area contributed by atoms with Gasteiger partial charge in [-0.15, -0.1) is 0 Å². The van der Waals surface area contributed by atoms with Crippen molar-refractivity contribution in [2.75, 3.05) is 12.3 Å². The maximum absolute atomic E-state index is 9.54. The summed E-state index contributed by atoms with van der Waals surface area (Å²) < 4.78 is 0. The number of fused-ring (bicyclic) bond motifs is 1. The van der Waals surface area contributed by atoms with Crippen molar-refractivity contribution in [3.8, 4) is 5.75 Å². The Morgan fingerprint density at radius 1 is 1.22 bits per heavy atom. The molecule has 0 spiro atoms. The molecule has 1 aliphatic rings. The van der Waals surface area contributed by atoms with Crippen LogP contribution in [0.25, 0.3) is 11.0 Å². The molecule has 3 rings (SSSR count). The number of hydrogen-bond acceptors (Lipinski definition) is 4. The Morgan fingerprint density at radius 2 is 1.91 bits per heavy atom. The first kappa shape index (κ1) is 16.7. The third kappa shape index (κ3) is 3.50. The van der Waals surface area contributed by atoms with E-state index in [-0.39, 0.29) is 16.8 Å². The van der Waals surface area contributed by atoms with E-state index in [9.17, 15) is 5.11 Å². The normalized spacial score (nSPS) is 20.9. The molecule has 0 bridgehead atoms. The highest BCUT2D eigenvalue weighted by molar-refractivity contribution is 7.99. The number of rotatable bonds is 4. The number of imidazole rings is 1. The largest absolute Gasteiger partial charge is 0.508 e. The van der Waals surface area contributed by atoms with Crippen LogP contribution in [0.1, 0.15) is 47.0 Å². The Labute approximate surface area is 142 Å². The maximum Gasteiger partial charge on any atom is 0.166 e. The number of nitrogens with zero attached hydrogens (tertiary/aromatic N) is 2. The number of phenolic OH excluding ortho intramolecular Hbond substituents is 1. The summed E-state index contributed by atoms with van der Waals surface area (Å²) in [5, 5.41) is 10.5. The summed E-state index contributed by atoms with van der Waals surface area (Å²) >= 11 is 1.76. The smallest absolute Gasteiger partial charge is 0.166 e. The van der Waals surface area contributed by atoms with Gasteiger partial charge in [0.25, 0.3) is 0 Å². The Kier molecular flexibility index (Phi) is 4.36. The number of H-pyrrole nitrogens is 1. The molecule has 0 radical (unpaired) electrons. The number of likely N-dealkylation sites (tertiary alicyclic amines) is 1. The number of hydrogen-bond donors (Lipinski definition) is 2. The summed E-state index contributed by atoms with van der Waals surface area (Å²) in [6.45, 7) is 10.5. The summed E-state index contributed by atoms with van der Waals surface area (Å²) in [4.78, 5) is 10.5.